The molecule has 3 nitrogen and oxygen atoms in total. The van der Waals surface area contributed by atoms with Gasteiger partial charge in [0, 0.05) is 0 Å². The lowest BCUT2D eigenvalue weighted by atomic mass is 10.2. The first-order valence-corrected chi connectivity index (χ1v) is 4.11. The summed E-state index contributed by atoms with van der Waals surface area (Å²) in [4.78, 5) is 10.8. The molecule has 0 aliphatic rings. The van der Waals surface area contributed by atoms with Crippen molar-refractivity contribution in [2.24, 2.45) is 0 Å². The molecule has 0 saturated heterocycles. The fourth-order valence-corrected chi connectivity index (χ4v) is 0.463. The summed E-state index contributed by atoms with van der Waals surface area (Å²) >= 11 is 0. The fourth-order valence-electron chi connectivity index (χ4n) is 0.463. The second-order valence-electron chi connectivity index (χ2n) is 3.78. The fraction of sp³-hybridized carbons (Fsp3) is 0.667. The Kier molecular flexibility index (Phi) is 4.33. The van der Waals surface area contributed by atoms with Gasteiger partial charge in [-0.1, -0.05) is 6.58 Å². The van der Waals surface area contributed by atoms with Crippen molar-refractivity contribution in [1.29, 1.82) is 0 Å². The summed E-state index contributed by atoms with van der Waals surface area (Å²) in [7, 11) is 0. The largest absolute Gasteiger partial charge is 0.435 e. The lowest BCUT2D eigenvalue weighted by molar-refractivity contribution is -0.170. The zero-order valence-electron chi connectivity index (χ0n) is 8.77. The van der Waals surface area contributed by atoms with Crippen LogP contribution in [0.1, 0.15) is 20.8 Å². The molecule has 0 amide bonds. The molecule has 0 saturated carbocycles. The van der Waals surface area contributed by atoms with E-state index in [0.29, 0.717) is 0 Å². The lowest BCUT2D eigenvalue weighted by Crippen LogP contribution is -2.25. The van der Waals surface area contributed by atoms with E-state index in [1.807, 2.05) is 0 Å². The van der Waals surface area contributed by atoms with E-state index in [-0.39, 0.29) is 0 Å². The lowest BCUT2D eigenvalue weighted by Gasteiger charge is -2.19. The molecule has 0 rings (SSSR count). The van der Waals surface area contributed by atoms with Gasteiger partial charge in [-0.15, -0.1) is 0 Å². The van der Waals surface area contributed by atoms with Gasteiger partial charge >= 0.3 is 12.1 Å². The first-order valence-electron chi connectivity index (χ1n) is 4.11. The summed E-state index contributed by atoms with van der Waals surface area (Å²) < 4.78 is 44.9. The van der Waals surface area contributed by atoms with E-state index in [9.17, 15) is 18.0 Å². The monoisotopic (exact) mass is 226 g/mol. The van der Waals surface area contributed by atoms with Gasteiger partial charge in [-0.3, -0.25) is 0 Å². The molecule has 0 unspecified atom stereocenters. The van der Waals surface area contributed by atoms with Gasteiger partial charge in [0.25, 0.3) is 0 Å². The second-order valence-corrected chi connectivity index (χ2v) is 3.78. The first-order chi connectivity index (χ1) is 6.54. The van der Waals surface area contributed by atoms with Gasteiger partial charge in [-0.2, -0.15) is 13.2 Å². The molecule has 0 heterocycles. The Morgan fingerprint density at radius 3 is 2.07 bits per heavy atom. The molecule has 0 bridgehead atoms. The van der Waals surface area contributed by atoms with Crippen molar-refractivity contribution in [3.63, 3.8) is 0 Å². The van der Waals surface area contributed by atoms with Gasteiger partial charge in [0.05, 0.1) is 5.60 Å². The molecule has 0 aromatic carbocycles. The molecule has 0 aromatic heterocycles. The third-order valence-electron chi connectivity index (χ3n) is 1.27. The summed E-state index contributed by atoms with van der Waals surface area (Å²) in [6.45, 7) is 7.10. The van der Waals surface area contributed by atoms with Crippen LogP contribution in [-0.4, -0.2) is 24.5 Å². The Labute approximate surface area is 85.9 Å². The first kappa shape index (κ1) is 14.0. The molecule has 15 heavy (non-hydrogen) atoms. The molecule has 0 aromatic rings. The molecule has 0 aliphatic heterocycles. The van der Waals surface area contributed by atoms with E-state index in [2.05, 4.69) is 11.3 Å². The molecule has 0 spiro atoms. The van der Waals surface area contributed by atoms with Crippen LogP contribution in [0.5, 0.6) is 0 Å². The van der Waals surface area contributed by atoms with Crippen molar-refractivity contribution < 1.29 is 27.4 Å². The highest BCUT2D eigenvalue weighted by Gasteiger charge is 2.38. The van der Waals surface area contributed by atoms with Crippen LogP contribution in [0.4, 0.5) is 13.2 Å². The molecule has 0 fully saturated rings. The summed E-state index contributed by atoms with van der Waals surface area (Å²) in [6, 6.07) is 0. The van der Waals surface area contributed by atoms with Gasteiger partial charge in [0.2, 0.25) is 0 Å². The number of esters is 1. The predicted octanol–water partition coefficient (Wildman–Crippen LogP) is 2.42. The average Bonchev–Trinajstić information content (AvgIpc) is 1.98. The van der Waals surface area contributed by atoms with Gasteiger partial charge in [-0.05, 0) is 20.8 Å². The van der Waals surface area contributed by atoms with Crippen molar-refractivity contribution in [1.82, 2.24) is 0 Å². The number of carbonyl (C=O) groups is 1. The van der Waals surface area contributed by atoms with Crippen LogP contribution in [0.2, 0.25) is 0 Å². The van der Waals surface area contributed by atoms with Crippen LogP contribution in [0.3, 0.4) is 0 Å². The Bertz CT molecular complexity index is 250. The highest BCUT2D eigenvalue weighted by Crippen LogP contribution is 2.24. The van der Waals surface area contributed by atoms with Crippen LogP contribution in [-0.2, 0) is 14.3 Å². The molecule has 0 atom stereocenters. The van der Waals surface area contributed by atoms with Crippen molar-refractivity contribution >= 4 is 5.97 Å². The van der Waals surface area contributed by atoms with Crippen LogP contribution in [0.25, 0.3) is 0 Å². The summed E-state index contributed by atoms with van der Waals surface area (Å²) in [5, 5.41) is 0. The molecular formula is C9H13F3O3. The second kappa shape index (κ2) is 4.65. The quantitative estimate of drug-likeness (QED) is 0.421. The molecule has 0 radical (unpaired) electrons. The number of alkyl halides is 3. The molecule has 88 valence electrons. The van der Waals surface area contributed by atoms with E-state index in [1.54, 1.807) is 20.8 Å². The number of halogens is 3. The summed E-state index contributed by atoms with van der Waals surface area (Å²) in [5.74, 6) is -1.52. The van der Waals surface area contributed by atoms with Gasteiger partial charge in [-0.25, -0.2) is 4.79 Å². The minimum atomic E-state index is -4.77. The zero-order chi connectivity index (χ0) is 12.3. The van der Waals surface area contributed by atoms with Crippen molar-refractivity contribution in [2.45, 2.75) is 32.5 Å². The van der Waals surface area contributed by atoms with Crippen LogP contribution < -0.4 is 0 Å². The van der Waals surface area contributed by atoms with Crippen molar-refractivity contribution in [2.75, 3.05) is 6.79 Å². The smallest absolute Gasteiger partial charge is 0.422 e. The van der Waals surface area contributed by atoms with E-state index in [4.69, 9.17) is 4.74 Å². The van der Waals surface area contributed by atoms with E-state index in [1.165, 1.54) is 0 Å². The number of carbonyl (C=O) groups excluding carboxylic acids is 1. The standard InChI is InChI=1S/C9H13F3O3/c1-6(9(10,11)12)7(13)14-5-15-8(2,3)4/h1,5H2,2-4H3. The summed E-state index contributed by atoms with van der Waals surface area (Å²) in [5.41, 5.74) is -2.13. The summed E-state index contributed by atoms with van der Waals surface area (Å²) in [6.07, 6.45) is -4.77. The zero-order valence-corrected chi connectivity index (χ0v) is 8.77. The minimum absolute atomic E-state index is 0.530. The third-order valence-corrected chi connectivity index (χ3v) is 1.27. The SMILES string of the molecule is C=C(C(=O)OCOC(C)(C)C)C(F)(F)F. The highest BCUT2D eigenvalue weighted by molar-refractivity contribution is 5.89. The number of ether oxygens (including phenoxy) is 2. The normalized spacial score (nSPS) is 12.4. The number of hydrogen-bond donors (Lipinski definition) is 0. The van der Waals surface area contributed by atoms with Gasteiger partial charge < -0.3 is 9.47 Å². The molecular weight excluding hydrogens is 213 g/mol. The highest BCUT2D eigenvalue weighted by atomic mass is 19.4. The Balaban J connectivity index is 4.02. The third kappa shape index (κ3) is 6.11. The Hall–Kier alpha value is -1.04. The average molecular weight is 226 g/mol. The minimum Gasteiger partial charge on any atom is -0.435 e. The molecule has 0 aliphatic carbocycles. The van der Waals surface area contributed by atoms with Gasteiger partial charge in [0.15, 0.2) is 6.79 Å². The Morgan fingerprint density at radius 2 is 1.73 bits per heavy atom. The topological polar surface area (TPSA) is 35.5 Å². The molecule has 6 heteroatoms. The van der Waals surface area contributed by atoms with Crippen molar-refractivity contribution in [3.8, 4) is 0 Å². The van der Waals surface area contributed by atoms with Gasteiger partial charge in [0.1, 0.15) is 5.57 Å². The van der Waals surface area contributed by atoms with Crippen LogP contribution >= 0.6 is 0 Å². The molecule has 0 N–H and O–H groups in total. The van der Waals surface area contributed by atoms with Crippen molar-refractivity contribution in [3.05, 3.63) is 12.2 Å². The number of hydrogen-bond acceptors (Lipinski definition) is 3. The Morgan fingerprint density at radius 1 is 1.27 bits per heavy atom. The van der Waals surface area contributed by atoms with E-state index in [0.717, 1.165) is 0 Å². The number of rotatable bonds is 3. The maximum absolute atomic E-state index is 11.9. The van der Waals surface area contributed by atoms with E-state index >= 15 is 0 Å². The van der Waals surface area contributed by atoms with E-state index < -0.39 is 30.1 Å². The van der Waals surface area contributed by atoms with Crippen LogP contribution in [0.15, 0.2) is 12.2 Å². The van der Waals surface area contributed by atoms with Crippen LogP contribution in [0, 0.1) is 0 Å². The maximum Gasteiger partial charge on any atom is 0.422 e. The predicted molar refractivity (Wildman–Crippen MR) is 47.0 cm³/mol. The maximum atomic E-state index is 11.9.